The van der Waals surface area contributed by atoms with Gasteiger partial charge < -0.3 is 9.47 Å². The van der Waals surface area contributed by atoms with Crippen molar-refractivity contribution in [2.24, 2.45) is 5.92 Å². The van der Waals surface area contributed by atoms with E-state index < -0.39 is 11.9 Å². The molecule has 182 valence electrons. The molecule has 0 amide bonds. The molecule has 32 heavy (non-hydrogen) atoms. The maximum absolute atomic E-state index is 12.6. The summed E-state index contributed by atoms with van der Waals surface area (Å²) in [7, 11) is 0. The van der Waals surface area contributed by atoms with Crippen LogP contribution in [0.2, 0.25) is 0 Å². The third kappa shape index (κ3) is 12.3. The molecule has 0 atom stereocenters. The lowest BCUT2D eigenvalue weighted by Crippen LogP contribution is -2.18. The third-order valence-electron chi connectivity index (χ3n) is 5.94. The molecule has 0 N–H and O–H groups in total. The lowest BCUT2D eigenvalue weighted by Gasteiger charge is -2.16. The van der Waals surface area contributed by atoms with Gasteiger partial charge in [-0.15, -0.1) is 0 Å². The fourth-order valence-corrected chi connectivity index (χ4v) is 4.07. The van der Waals surface area contributed by atoms with E-state index in [1.54, 1.807) is 24.3 Å². The average Bonchev–Trinajstić information content (AvgIpc) is 2.81. The maximum Gasteiger partial charge on any atom is 0.339 e. The predicted octanol–water partition coefficient (Wildman–Crippen LogP) is 8.14. The molecule has 0 heterocycles. The summed E-state index contributed by atoms with van der Waals surface area (Å²) in [6.07, 6.45) is 16.6. The van der Waals surface area contributed by atoms with Gasteiger partial charge in [0.05, 0.1) is 24.3 Å². The SMILES string of the molecule is CCCCCCCCCCCCOC(=O)c1ccccc1C(=O)OCC(CCC)CCC. The molecule has 0 aromatic heterocycles. The molecule has 0 spiro atoms. The number of carbonyl (C=O) groups is 2. The van der Waals surface area contributed by atoms with Crippen molar-refractivity contribution in [1.29, 1.82) is 0 Å². The smallest absolute Gasteiger partial charge is 0.339 e. The van der Waals surface area contributed by atoms with E-state index in [-0.39, 0.29) is 0 Å². The molecule has 4 heteroatoms. The zero-order valence-corrected chi connectivity index (χ0v) is 20.8. The fourth-order valence-electron chi connectivity index (χ4n) is 4.07. The van der Waals surface area contributed by atoms with Crippen LogP contribution >= 0.6 is 0 Å². The summed E-state index contributed by atoms with van der Waals surface area (Å²) >= 11 is 0. The molecule has 1 aromatic rings. The van der Waals surface area contributed by atoms with E-state index >= 15 is 0 Å². The first-order chi connectivity index (χ1) is 15.6. The van der Waals surface area contributed by atoms with Crippen molar-refractivity contribution >= 4 is 11.9 Å². The lowest BCUT2D eigenvalue weighted by atomic mass is 9.99. The summed E-state index contributed by atoms with van der Waals surface area (Å²) in [6.45, 7) is 7.33. The van der Waals surface area contributed by atoms with Crippen LogP contribution < -0.4 is 0 Å². The van der Waals surface area contributed by atoms with E-state index in [1.807, 2.05) is 0 Å². The Hall–Kier alpha value is -1.84. The second-order valence-corrected chi connectivity index (χ2v) is 8.91. The molecule has 1 aromatic carbocycles. The van der Waals surface area contributed by atoms with Gasteiger partial charge in [-0.25, -0.2) is 9.59 Å². The standard InChI is InChI=1S/C28H46O4/c1-4-7-8-9-10-11-12-13-14-17-22-31-27(29)25-20-15-16-21-26(25)28(30)32-23-24(18-5-2)19-6-3/h15-16,20-21,24H,4-14,17-19,22-23H2,1-3H3. The van der Waals surface area contributed by atoms with Crippen molar-refractivity contribution in [2.75, 3.05) is 13.2 Å². The van der Waals surface area contributed by atoms with Crippen molar-refractivity contribution in [2.45, 2.75) is 111 Å². The number of unbranched alkanes of at least 4 members (excludes halogenated alkanes) is 9. The van der Waals surface area contributed by atoms with Gasteiger partial charge in [0.2, 0.25) is 0 Å². The van der Waals surface area contributed by atoms with Crippen molar-refractivity contribution in [1.82, 2.24) is 0 Å². The summed E-state index contributed by atoms with van der Waals surface area (Å²) in [6, 6.07) is 6.80. The Bertz CT molecular complexity index is 620. The van der Waals surface area contributed by atoms with E-state index in [9.17, 15) is 9.59 Å². The van der Waals surface area contributed by atoms with E-state index in [2.05, 4.69) is 20.8 Å². The minimum atomic E-state index is -0.438. The number of hydrogen-bond donors (Lipinski definition) is 0. The highest BCUT2D eigenvalue weighted by molar-refractivity contribution is 6.03. The Labute approximate surface area is 196 Å². The first kappa shape index (κ1) is 28.2. The number of carbonyl (C=O) groups excluding carboxylic acids is 2. The fraction of sp³-hybridized carbons (Fsp3) is 0.714. The molecular weight excluding hydrogens is 400 g/mol. The number of rotatable bonds is 19. The van der Waals surface area contributed by atoms with Gasteiger partial charge in [-0.2, -0.15) is 0 Å². The molecule has 0 aliphatic rings. The van der Waals surface area contributed by atoms with Gasteiger partial charge in [0.1, 0.15) is 0 Å². The molecule has 0 aliphatic carbocycles. The van der Waals surface area contributed by atoms with Crippen LogP contribution in [0.3, 0.4) is 0 Å². The minimum absolute atomic E-state index is 0.298. The Balaban J connectivity index is 2.34. The highest BCUT2D eigenvalue weighted by Crippen LogP contribution is 2.17. The van der Waals surface area contributed by atoms with Gasteiger partial charge in [-0.05, 0) is 37.3 Å². The van der Waals surface area contributed by atoms with Gasteiger partial charge in [0.25, 0.3) is 0 Å². The van der Waals surface area contributed by atoms with Crippen LogP contribution in [0.5, 0.6) is 0 Å². The van der Waals surface area contributed by atoms with Crippen molar-refractivity contribution in [3.8, 4) is 0 Å². The third-order valence-corrected chi connectivity index (χ3v) is 5.94. The monoisotopic (exact) mass is 446 g/mol. The molecular formula is C28H46O4. The van der Waals surface area contributed by atoms with Gasteiger partial charge in [-0.1, -0.05) is 104 Å². The first-order valence-electron chi connectivity index (χ1n) is 13.1. The molecule has 0 aliphatic heterocycles. The van der Waals surface area contributed by atoms with E-state index in [0.717, 1.165) is 38.5 Å². The normalized spacial score (nSPS) is 11.0. The number of ether oxygens (including phenoxy) is 2. The zero-order chi connectivity index (χ0) is 23.4. The maximum atomic E-state index is 12.6. The molecule has 0 fully saturated rings. The minimum Gasteiger partial charge on any atom is -0.462 e. The van der Waals surface area contributed by atoms with Gasteiger partial charge >= 0.3 is 11.9 Å². The van der Waals surface area contributed by atoms with E-state index in [4.69, 9.17) is 9.47 Å². The highest BCUT2D eigenvalue weighted by Gasteiger charge is 2.20. The molecule has 0 unspecified atom stereocenters. The quantitative estimate of drug-likeness (QED) is 0.159. The second kappa shape index (κ2) is 18.7. The molecule has 0 saturated carbocycles. The topological polar surface area (TPSA) is 52.6 Å². The van der Waals surface area contributed by atoms with Crippen LogP contribution in [0.4, 0.5) is 0 Å². The number of hydrogen-bond acceptors (Lipinski definition) is 4. The van der Waals surface area contributed by atoms with Crippen molar-refractivity contribution in [3.63, 3.8) is 0 Å². The van der Waals surface area contributed by atoms with Crippen molar-refractivity contribution in [3.05, 3.63) is 35.4 Å². The van der Waals surface area contributed by atoms with Crippen LogP contribution in [0.1, 0.15) is 131 Å². The molecule has 0 saturated heterocycles. The molecule has 1 rings (SSSR count). The molecule has 0 radical (unpaired) electrons. The predicted molar refractivity (Wildman–Crippen MR) is 132 cm³/mol. The van der Waals surface area contributed by atoms with E-state index in [1.165, 1.54) is 51.4 Å². The molecule has 4 nitrogen and oxygen atoms in total. The first-order valence-corrected chi connectivity index (χ1v) is 13.1. The van der Waals surface area contributed by atoms with E-state index in [0.29, 0.717) is 30.3 Å². The second-order valence-electron chi connectivity index (χ2n) is 8.91. The van der Waals surface area contributed by atoms with Crippen LogP contribution in [0.25, 0.3) is 0 Å². The summed E-state index contributed by atoms with van der Waals surface area (Å²) < 4.78 is 11.0. The zero-order valence-electron chi connectivity index (χ0n) is 20.8. The largest absolute Gasteiger partial charge is 0.462 e. The number of esters is 2. The summed E-state index contributed by atoms with van der Waals surface area (Å²) in [4.78, 5) is 25.2. The Morgan fingerprint density at radius 1 is 0.656 bits per heavy atom. The summed E-state index contributed by atoms with van der Waals surface area (Å²) in [5, 5.41) is 0. The van der Waals surface area contributed by atoms with Gasteiger partial charge in [0.15, 0.2) is 0 Å². The van der Waals surface area contributed by atoms with Gasteiger partial charge in [-0.3, -0.25) is 0 Å². The average molecular weight is 447 g/mol. The van der Waals surface area contributed by atoms with Crippen LogP contribution in [-0.4, -0.2) is 25.2 Å². The number of benzene rings is 1. The Morgan fingerprint density at radius 3 is 1.62 bits per heavy atom. The Kier molecular flexibility index (Phi) is 16.5. The lowest BCUT2D eigenvalue weighted by molar-refractivity contribution is 0.0402. The summed E-state index contributed by atoms with van der Waals surface area (Å²) in [5.74, 6) is -0.495. The van der Waals surface area contributed by atoms with Crippen molar-refractivity contribution < 1.29 is 19.1 Å². The highest BCUT2D eigenvalue weighted by atomic mass is 16.5. The van der Waals surface area contributed by atoms with Gasteiger partial charge in [0, 0.05) is 0 Å². The summed E-state index contributed by atoms with van der Waals surface area (Å²) in [5.41, 5.74) is 0.597. The van der Waals surface area contributed by atoms with Crippen LogP contribution in [-0.2, 0) is 9.47 Å². The van der Waals surface area contributed by atoms with Crippen LogP contribution in [0.15, 0.2) is 24.3 Å². The molecule has 0 bridgehead atoms. The van der Waals surface area contributed by atoms with Crippen LogP contribution in [0, 0.1) is 5.92 Å². The Morgan fingerprint density at radius 2 is 1.12 bits per heavy atom.